The molecular weight excluding hydrogens is 484 g/mol. The summed E-state index contributed by atoms with van der Waals surface area (Å²) in [5.41, 5.74) is 1.64. The molecule has 0 unspecified atom stereocenters. The SMILES string of the molecule is CC1(C)CC[C@]2(C(=O)N3CCNCC3)CC[C@]3(C)C(=CC[C@@H]4[C@@]5(C)CC[C@H](O)[C@@](C)(CO)[C@@H]5CC[C@]43C)[C@@H]2C1. The number of rotatable bonds is 2. The third-order valence-electron chi connectivity index (χ3n) is 14.6. The van der Waals surface area contributed by atoms with Crippen molar-refractivity contribution in [1.82, 2.24) is 10.2 Å². The minimum absolute atomic E-state index is 0.0734. The molecule has 0 aromatic carbocycles. The normalized spacial score (nSPS) is 51.1. The minimum Gasteiger partial charge on any atom is -0.396 e. The van der Waals surface area contributed by atoms with Crippen LogP contribution in [0.1, 0.15) is 106 Å². The van der Waals surface area contributed by atoms with Crippen LogP contribution in [0.15, 0.2) is 11.6 Å². The fourth-order valence-electron chi connectivity index (χ4n) is 11.8. The zero-order chi connectivity index (χ0) is 28.1. The number of fused-ring (bicyclic) bond motifs is 7. The van der Waals surface area contributed by atoms with Crippen LogP contribution >= 0.6 is 0 Å². The molecule has 6 rings (SSSR count). The van der Waals surface area contributed by atoms with Crippen LogP contribution in [-0.2, 0) is 4.79 Å². The van der Waals surface area contributed by atoms with Crippen molar-refractivity contribution in [1.29, 1.82) is 0 Å². The Hall–Kier alpha value is -0.910. The Morgan fingerprint density at radius 1 is 0.949 bits per heavy atom. The van der Waals surface area contributed by atoms with E-state index in [0.717, 1.165) is 90.4 Å². The average Bonchev–Trinajstić information content (AvgIpc) is 2.91. The predicted octanol–water partition coefficient (Wildman–Crippen LogP) is 5.55. The maximum Gasteiger partial charge on any atom is 0.229 e. The number of carbonyl (C=O) groups excluding carboxylic acids is 1. The van der Waals surface area contributed by atoms with Gasteiger partial charge in [-0.15, -0.1) is 0 Å². The van der Waals surface area contributed by atoms with Crippen molar-refractivity contribution in [3.8, 4) is 0 Å². The molecule has 39 heavy (non-hydrogen) atoms. The van der Waals surface area contributed by atoms with Gasteiger partial charge in [-0.1, -0.05) is 53.2 Å². The van der Waals surface area contributed by atoms with Gasteiger partial charge in [0.1, 0.15) is 0 Å². The summed E-state index contributed by atoms with van der Waals surface area (Å²) in [6.07, 6.45) is 12.9. The molecule has 220 valence electrons. The second-order valence-electron chi connectivity index (χ2n) is 16.6. The smallest absolute Gasteiger partial charge is 0.229 e. The van der Waals surface area contributed by atoms with E-state index in [1.165, 1.54) is 0 Å². The van der Waals surface area contributed by atoms with Crippen molar-refractivity contribution in [3.63, 3.8) is 0 Å². The Kier molecular flexibility index (Phi) is 6.54. The van der Waals surface area contributed by atoms with E-state index in [1.54, 1.807) is 5.57 Å². The molecule has 0 aromatic rings. The van der Waals surface area contributed by atoms with Gasteiger partial charge in [0, 0.05) is 31.6 Å². The largest absolute Gasteiger partial charge is 0.396 e. The number of nitrogens with one attached hydrogen (secondary N) is 1. The van der Waals surface area contributed by atoms with Gasteiger partial charge in [-0.25, -0.2) is 0 Å². The van der Waals surface area contributed by atoms with E-state index in [4.69, 9.17) is 0 Å². The maximum atomic E-state index is 14.5. The lowest BCUT2D eigenvalue weighted by Crippen LogP contribution is -2.66. The number of allylic oxidation sites excluding steroid dienone is 2. The summed E-state index contributed by atoms with van der Waals surface area (Å²) in [4.78, 5) is 16.7. The Morgan fingerprint density at radius 3 is 2.33 bits per heavy atom. The Bertz CT molecular complexity index is 1030. The zero-order valence-electron chi connectivity index (χ0n) is 25.7. The molecule has 1 saturated heterocycles. The molecule has 0 spiro atoms. The first-order chi connectivity index (χ1) is 18.3. The Morgan fingerprint density at radius 2 is 1.64 bits per heavy atom. The summed E-state index contributed by atoms with van der Waals surface area (Å²) in [7, 11) is 0. The van der Waals surface area contributed by atoms with Crippen LogP contribution in [0.3, 0.4) is 0 Å². The van der Waals surface area contributed by atoms with E-state index in [-0.39, 0.29) is 33.7 Å². The molecule has 4 saturated carbocycles. The molecule has 5 fully saturated rings. The van der Waals surface area contributed by atoms with Crippen molar-refractivity contribution >= 4 is 5.91 Å². The first-order valence-electron chi connectivity index (χ1n) is 16.3. The molecule has 3 N–H and O–H groups in total. The van der Waals surface area contributed by atoms with Gasteiger partial charge in [-0.3, -0.25) is 4.79 Å². The number of carbonyl (C=O) groups is 1. The van der Waals surface area contributed by atoms with E-state index in [0.29, 0.717) is 23.7 Å². The first kappa shape index (κ1) is 28.2. The molecule has 5 nitrogen and oxygen atoms in total. The first-order valence-corrected chi connectivity index (χ1v) is 16.3. The average molecular weight is 541 g/mol. The van der Waals surface area contributed by atoms with Crippen molar-refractivity contribution in [2.75, 3.05) is 32.8 Å². The van der Waals surface area contributed by atoms with Crippen molar-refractivity contribution in [2.24, 2.45) is 50.2 Å². The number of piperazine rings is 1. The number of hydrogen-bond donors (Lipinski definition) is 3. The van der Waals surface area contributed by atoms with Gasteiger partial charge in [0.2, 0.25) is 5.91 Å². The van der Waals surface area contributed by atoms with Crippen LogP contribution in [0, 0.1) is 50.2 Å². The third kappa shape index (κ3) is 3.70. The summed E-state index contributed by atoms with van der Waals surface area (Å²) in [6.45, 7) is 18.3. The number of aliphatic hydroxyl groups is 2. The van der Waals surface area contributed by atoms with Crippen LogP contribution in [0.2, 0.25) is 0 Å². The third-order valence-corrected chi connectivity index (χ3v) is 14.6. The lowest BCUT2D eigenvalue weighted by Gasteiger charge is -2.71. The van der Waals surface area contributed by atoms with Gasteiger partial charge in [-0.2, -0.15) is 0 Å². The quantitative estimate of drug-likeness (QED) is 0.402. The van der Waals surface area contributed by atoms with Crippen molar-refractivity contribution < 1.29 is 15.0 Å². The molecule has 1 aliphatic heterocycles. The predicted molar refractivity (Wildman–Crippen MR) is 156 cm³/mol. The molecule has 1 heterocycles. The minimum atomic E-state index is -0.413. The Balaban J connectivity index is 1.41. The molecule has 0 aromatic heterocycles. The van der Waals surface area contributed by atoms with E-state index in [2.05, 4.69) is 57.8 Å². The summed E-state index contributed by atoms with van der Waals surface area (Å²) < 4.78 is 0. The van der Waals surface area contributed by atoms with Crippen LogP contribution in [0.25, 0.3) is 0 Å². The maximum absolute atomic E-state index is 14.5. The van der Waals surface area contributed by atoms with E-state index in [1.807, 2.05) is 0 Å². The zero-order valence-corrected chi connectivity index (χ0v) is 25.7. The molecule has 6 aliphatic rings. The summed E-state index contributed by atoms with van der Waals surface area (Å²) >= 11 is 0. The van der Waals surface area contributed by atoms with Crippen molar-refractivity contribution in [3.05, 3.63) is 11.6 Å². The number of nitrogens with zero attached hydrogens (tertiary/aromatic N) is 1. The topological polar surface area (TPSA) is 72.8 Å². The van der Waals surface area contributed by atoms with Crippen LogP contribution in [-0.4, -0.2) is 59.9 Å². The summed E-state index contributed by atoms with van der Waals surface area (Å²) in [5, 5.41) is 25.0. The highest BCUT2D eigenvalue weighted by molar-refractivity contribution is 5.84. The van der Waals surface area contributed by atoms with Crippen molar-refractivity contribution in [2.45, 2.75) is 112 Å². The molecule has 0 radical (unpaired) electrons. The molecule has 9 atom stereocenters. The lowest BCUT2D eigenvalue weighted by atomic mass is 9.33. The van der Waals surface area contributed by atoms with Crippen LogP contribution < -0.4 is 5.32 Å². The number of hydrogen-bond acceptors (Lipinski definition) is 4. The van der Waals surface area contributed by atoms with Gasteiger partial charge in [-0.05, 0) is 104 Å². The monoisotopic (exact) mass is 540 g/mol. The fraction of sp³-hybridized carbons (Fsp3) is 0.912. The molecule has 0 bridgehead atoms. The van der Waals surface area contributed by atoms with Crippen LogP contribution in [0.4, 0.5) is 0 Å². The second kappa shape index (κ2) is 9.04. The van der Waals surface area contributed by atoms with Gasteiger partial charge < -0.3 is 20.4 Å². The molecule has 5 aliphatic carbocycles. The standard InChI is InChI=1S/C34H56N2O3/c1-29(2)13-15-34(28(39)36-19-17-35-18-20-36)16-14-32(5)23(24(34)21-29)7-8-26-30(3)11-10-27(38)31(4,22-37)25(30)9-12-33(26,32)6/h7,24-27,35,37-38H,8-22H2,1-6H3/t24-,25+,26+,27-,30-,31-,32+,33+,34-/m0/s1. The van der Waals surface area contributed by atoms with E-state index >= 15 is 0 Å². The number of aliphatic hydroxyl groups excluding tert-OH is 2. The molecule has 5 heteroatoms. The van der Waals surface area contributed by atoms with E-state index < -0.39 is 11.5 Å². The van der Waals surface area contributed by atoms with Crippen LogP contribution in [0.5, 0.6) is 0 Å². The summed E-state index contributed by atoms with van der Waals surface area (Å²) in [5.74, 6) is 1.70. The number of amides is 1. The van der Waals surface area contributed by atoms with Gasteiger partial charge in [0.05, 0.1) is 18.1 Å². The van der Waals surface area contributed by atoms with E-state index in [9.17, 15) is 15.0 Å². The molecule has 1 amide bonds. The lowest BCUT2D eigenvalue weighted by molar-refractivity contribution is -0.216. The second-order valence-corrected chi connectivity index (χ2v) is 16.6. The highest BCUT2D eigenvalue weighted by Crippen LogP contribution is 2.75. The summed E-state index contributed by atoms with van der Waals surface area (Å²) in [6, 6.07) is 0. The van der Waals surface area contributed by atoms with Gasteiger partial charge in [0.15, 0.2) is 0 Å². The Labute approximate surface area is 237 Å². The fourth-order valence-corrected chi connectivity index (χ4v) is 11.8. The molecular formula is C34H56N2O3. The van der Waals surface area contributed by atoms with Gasteiger partial charge >= 0.3 is 0 Å². The van der Waals surface area contributed by atoms with Gasteiger partial charge in [0.25, 0.3) is 0 Å². The highest BCUT2D eigenvalue weighted by atomic mass is 16.3. The highest BCUT2D eigenvalue weighted by Gasteiger charge is 2.69.